The van der Waals surface area contributed by atoms with Crippen molar-refractivity contribution in [3.63, 3.8) is 0 Å². The van der Waals surface area contributed by atoms with Crippen molar-refractivity contribution in [2.75, 3.05) is 5.32 Å². The van der Waals surface area contributed by atoms with E-state index in [1.807, 2.05) is 55.5 Å². The normalized spacial score (nSPS) is 10.6. The highest BCUT2D eigenvalue weighted by Crippen LogP contribution is 2.27. The molecule has 3 aromatic rings. The molecule has 1 N–H and O–H groups in total. The van der Waals surface area contributed by atoms with Crippen molar-refractivity contribution < 1.29 is 4.79 Å². The topological polar surface area (TPSA) is 46.9 Å². The Bertz CT molecular complexity index is 860. The van der Waals surface area contributed by atoms with Crippen LogP contribution in [0.2, 0.25) is 0 Å². The lowest BCUT2D eigenvalue weighted by molar-refractivity contribution is 0.102. The minimum Gasteiger partial charge on any atom is -0.321 e. The van der Waals surface area contributed by atoms with Crippen molar-refractivity contribution in [2.24, 2.45) is 0 Å². The average molecular weight is 435 g/mol. The lowest BCUT2D eigenvalue weighted by Gasteiger charge is -2.08. The zero-order valence-electron chi connectivity index (χ0n) is 12.3. The van der Waals surface area contributed by atoms with Gasteiger partial charge < -0.3 is 5.32 Å². The molecule has 0 unspecified atom stereocenters. The summed E-state index contributed by atoms with van der Waals surface area (Å²) in [4.78, 5) is 12.5. The van der Waals surface area contributed by atoms with Gasteiger partial charge in [0.05, 0.1) is 28.8 Å². The lowest BCUT2D eigenvalue weighted by atomic mass is 10.2. The van der Waals surface area contributed by atoms with E-state index in [0.29, 0.717) is 11.3 Å². The number of aromatic nitrogens is 2. The van der Waals surface area contributed by atoms with Crippen LogP contribution in [-0.4, -0.2) is 15.7 Å². The number of amides is 1. The average Bonchev–Trinajstić information content (AvgIpc) is 2.92. The number of hydrogen-bond acceptors (Lipinski definition) is 2. The van der Waals surface area contributed by atoms with Crippen LogP contribution in [0.15, 0.2) is 63.7 Å². The summed E-state index contributed by atoms with van der Waals surface area (Å²) in [6.45, 7) is 1.88. The minimum absolute atomic E-state index is 0.187. The summed E-state index contributed by atoms with van der Waals surface area (Å²) >= 11 is 6.84. The highest BCUT2D eigenvalue weighted by Gasteiger charge is 2.16. The van der Waals surface area contributed by atoms with Gasteiger partial charge in [-0.3, -0.25) is 4.79 Å². The van der Waals surface area contributed by atoms with Crippen molar-refractivity contribution in [3.8, 4) is 5.69 Å². The van der Waals surface area contributed by atoms with Crippen LogP contribution < -0.4 is 5.32 Å². The highest BCUT2D eigenvalue weighted by molar-refractivity contribution is 9.11. The molecule has 0 radical (unpaired) electrons. The van der Waals surface area contributed by atoms with Crippen molar-refractivity contribution in [2.45, 2.75) is 6.92 Å². The number of hydrogen-bond donors (Lipinski definition) is 1. The molecule has 0 atom stereocenters. The number of para-hydroxylation sites is 1. The maximum atomic E-state index is 12.5. The molecule has 0 aliphatic carbocycles. The fourth-order valence-corrected chi connectivity index (χ4v) is 3.39. The highest BCUT2D eigenvalue weighted by atomic mass is 79.9. The molecule has 0 bridgehead atoms. The maximum absolute atomic E-state index is 12.5. The van der Waals surface area contributed by atoms with Gasteiger partial charge in [0, 0.05) is 8.95 Å². The number of nitrogens with zero attached hydrogens (tertiary/aromatic N) is 2. The third-order valence-corrected chi connectivity index (χ3v) is 4.58. The van der Waals surface area contributed by atoms with E-state index in [-0.39, 0.29) is 5.91 Å². The molecule has 1 amide bonds. The second kappa shape index (κ2) is 6.68. The summed E-state index contributed by atoms with van der Waals surface area (Å²) in [6, 6.07) is 15.3. The first-order valence-electron chi connectivity index (χ1n) is 6.92. The van der Waals surface area contributed by atoms with E-state index in [2.05, 4.69) is 42.3 Å². The van der Waals surface area contributed by atoms with Crippen LogP contribution in [0.25, 0.3) is 5.69 Å². The van der Waals surface area contributed by atoms with E-state index in [1.165, 1.54) is 0 Å². The van der Waals surface area contributed by atoms with Crippen LogP contribution >= 0.6 is 31.9 Å². The molecule has 3 rings (SSSR count). The number of rotatable bonds is 3. The van der Waals surface area contributed by atoms with E-state index < -0.39 is 0 Å². The molecule has 6 heteroatoms. The zero-order chi connectivity index (χ0) is 16.4. The summed E-state index contributed by atoms with van der Waals surface area (Å²) < 4.78 is 3.51. The molecular weight excluding hydrogens is 422 g/mol. The Kier molecular flexibility index (Phi) is 4.63. The number of halogens is 2. The second-order valence-electron chi connectivity index (χ2n) is 4.97. The summed E-state index contributed by atoms with van der Waals surface area (Å²) in [5.74, 6) is -0.187. The molecule has 0 saturated heterocycles. The molecule has 0 fully saturated rings. The predicted molar refractivity (Wildman–Crippen MR) is 98.1 cm³/mol. The number of carbonyl (C=O) groups is 1. The van der Waals surface area contributed by atoms with Crippen molar-refractivity contribution in [3.05, 3.63) is 74.9 Å². The quantitative estimate of drug-likeness (QED) is 0.633. The molecule has 0 saturated carbocycles. The second-order valence-corrected chi connectivity index (χ2v) is 6.74. The summed E-state index contributed by atoms with van der Waals surface area (Å²) in [7, 11) is 0. The summed E-state index contributed by atoms with van der Waals surface area (Å²) in [5.41, 5.74) is 2.98. The van der Waals surface area contributed by atoms with Crippen LogP contribution in [0.1, 0.15) is 16.1 Å². The SMILES string of the molecule is Cc1c(C(=O)Nc2ccc(Br)cc2Br)cnn1-c1ccccc1. The van der Waals surface area contributed by atoms with E-state index in [0.717, 1.165) is 20.3 Å². The standard InChI is InChI=1S/C17H13Br2N3O/c1-11-14(10-20-22(11)13-5-3-2-4-6-13)17(23)21-16-8-7-12(18)9-15(16)19/h2-10H,1H3,(H,21,23). The molecule has 4 nitrogen and oxygen atoms in total. The molecule has 23 heavy (non-hydrogen) atoms. The van der Waals surface area contributed by atoms with Gasteiger partial charge in [0.25, 0.3) is 5.91 Å². The van der Waals surface area contributed by atoms with E-state index in [4.69, 9.17) is 0 Å². The first-order chi connectivity index (χ1) is 11.1. The van der Waals surface area contributed by atoms with Gasteiger partial charge in [-0.1, -0.05) is 34.1 Å². The van der Waals surface area contributed by atoms with Gasteiger partial charge >= 0.3 is 0 Å². The largest absolute Gasteiger partial charge is 0.321 e. The van der Waals surface area contributed by atoms with Gasteiger partial charge in [-0.15, -0.1) is 0 Å². The molecule has 0 aliphatic heterocycles. The molecular formula is C17H13Br2N3O. The molecule has 1 aromatic heterocycles. The van der Waals surface area contributed by atoms with Crippen LogP contribution in [-0.2, 0) is 0 Å². The third kappa shape index (κ3) is 3.38. The zero-order valence-corrected chi connectivity index (χ0v) is 15.4. The van der Waals surface area contributed by atoms with Gasteiger partial charge in [0.15, 0.2) is 0 Å². The fraction of sp³-hybridized carbons (Fsp3) is 0.0588. The van der Waals surface area contributed by atoms with Crippen molar-refractivity contribution in [1.29, 1.82) is 0 Å². The number of nitrogens with one attached hydrogen (secondary N) is 1. The van der Waals surface area contributed by atoms with Gasteiger partial charge in [0.1, 0.15) is 0 Å². The number of anilines is 1. The Hall–Kier alpha value is -1.92. The smallest absolute Gasteiger partial charge is 0.259 e. The molecule has 116 valence electrons. The molecule has 1 heterocycles. The fourth-order valence-electron chi connectivity index (χ4n) is 2.24. The Morgan fingerprint density at radius 1 is 1.13 bits per heavy atom. The van der Waals surface area contributed by atoms with Crippen LogP contribution in [0.5, 0.6) is 0 Å². The van der Waals surface area contributed by atoms with E-state index in [1.54, 1.807) is 10.9 Å². The molecule has 2 aromatic carbocycles. The van der Waals surface area contributed by atoms with E-state index in [9.17, 15) is 4.79 Å². The van der Waals surface area contributed by atoms with Gasteiger partial charge in [-0.25, -0.2) is 4.68 Å². The minimum atomic E-state index is -0.187. The third-order valence-electron chi connectivity index (χ3n) is 3.43. The van der Waals surface area contributed by atoms with Crippen LogP contribution in [0.4, 0.5) is 5.69 Å². The monoisotopic (exact) mass is 433 g/mol. The number of carbonyl (C=O) groups excluding carboxylic acids is 1. The van der Waals surface area contributed by atoms with Gasteiger partial charge in [0.2, 0.25) is 0 Å². The van der Waals surface area contributed by atoms with Gasteiger partial charge in [-0.2, -0.15) is 5.10 Å². The Labute approximate surface area is 150 Å². The van der Waals surface area contributed by atoms with Crippen LogP contribution in [0.3, 0.4) is 0 Å². The summed E-state index contributed by atoms with van der Waals surface area (Å²) in [6.07, 6.45) is 1.59. The lowest BCUT2D eigenvalue weighted by Crippen LogP contribution is -2.13. The first-order valence-corrected chi connectivity index (χ1v) is 8.51. The van der Waals surface area contributed by atoms with E-state index >= 15 is 0 Å². The maximum Gasteiger partial charge on any atom is 0.259 e. The van der Waals surface area contributed by atoms with Crippen molar-refractivity contribution in [1.82, 2.24) is 9.78 Å². The summed E-state index contributed by atoms with van der Waals surface area (Å²) in [5, 5.41) is 7.22. The Morgan fingerprint density at radius 2 is 1.87 bits per heavy atom. The van der Waals surface area contributed by atoms with Crippen molar-refractivity contribution >= 4 is 43.5 Å². The molecule has 0 spiro atoms. The predicted octanol–water partition coefficient (Wildman–Crippen LogP) is 4.96. The Morgan fingerprint density at radius 3 is 2.57 bits per heavy atom. The van der Waals surface area contributed by atoms with Gasteiger partial charge in [-0.05, 0) is 53.2 Å². The Balaban J connectivity index is 1.88. The first kappa shape index (κ1) is 16.0. The molecule has 0 aliphatic rings. The van der Waals surface area contributed by atoms with Crippen LogP contribution in [0, 0.1) is 6.92 Å². The number of benzene rings is 2.